The van der Waals surface area contributed by atoms with Crippen molar-refractivity contribution in [3.05, 3.63) is 10.7 Å². The minimum atomic E-state index is -3.83. The highest BCUT2D eigenvalue weighted by molar-refractivity contribution is 7.91. The smallest absolute Gasteiger partial charge is 0.321 e. The van der Waals surface area contributed by atoms with Crippen LogP contribution >= 0.6 is 11.3 Å². The Morgan fingerprint density at radius 2 is 2.00 bits per heavy atom. The van der Waals surface area contributed by atoms with E-state index < -0.39 is 22.0 Å². The number of carboxylic acid groups (broad SMARTS) is 1. The van der Waals surface area contributed by atoms with E-state index >= 15 is 0 Å². The molecule has 0 amide bonds. The molecule has 0 saturated heterocycles. The van der Waals surface area contributed by atoms with E-state index in [0.29, 0.717) is 10.7 Å². The van der Waals surface area contributed by atoms with Crippen LogP contribution in [0.15, 0.2) is 4.21 Å². The van der Waals surface area contributed by atoms with E-state index in [1.54, 1.807) is 13.8 Å². The lowest BCUT2D eigenvalue weighted by atomic mass is 10.1. The lowest BCUT2D eigenvalue weighted by Gasteiger charge is -2.16. The van der Waals surface area contributed by atoms with Crippen molar-refractivity contribution in [2.24, 2.45) is 5.92 Å². The minimum absolute atomic E-state index is 0.0769. The van der Waals surface area contributed by atoms with Crippen LogP contribution in [0.25, 0.3) is 0 Å². The molecule has 0 aliphatic carbocycles. The molecular formula is C11H18N2O4S2. The van der Waals surface area contributed by atoms with Gasteiger partial charge in [0, 0.05) is 0 Å². The van der Waals surface area contributed by atoms with Crippen LogP contribution in [0.4, 0.5) is 0 Å². The van der Waals surface area contributed by atoms with E-state index in [4.69, 9.17) is 5.11 Å². The molecule has 1 aromatic heterocycles. The quantitative estimate of drug-likeness (QED) is 0.831. The SMILES string of the molecule is Cc1nc(C)c(S(=O)(=O)N[C@H](CC(C)C)C(=O)O)s1. The molecule has 8 heteroatoms. The molecule has 6 nitrogen and oxygen atoms in total. The third-order valence-corrected chi connectivity index (χ3v) is 5.56. The summed E-state index contributed by atoms with van der Waals surface area (Å²) >= 11 is 1.04. The second-order valence-electron chi connectivity index (χ2n) is 4.75. The number of sulfonamides is 1. The molecule has 0 bridgehead atoms. The Balaban J connectivity index is 3.01. The highest BCUT2D eigenvalue weighted by atomic mass is 32.2. The van der Waals surface area contributed by atoms with Crippen LogP contribution in [0.1, 0.15) is 31.0 Å². The van der Waals surface area contributed by atoms with E-state index in [0.717, 1.165) is 11.3 Å². The minimum Gasteiger partial charge on any atom is -0.480 e. The van der Waals surface area contributed by atoms with E-state index in [1.165, 1.54) is 0 Å². The lowest BCUT2D eigenvalue weighted by Crippen LogP contribution is -2.41. The number of aryl methyl sites for hydroxylation is 2. The standard InChI is InChI=1S/C11H18N2O4S2/c1-6(2)5-9(10(14)15)13-19(16,17)11-7(3)12-8(4)18-11/h6,9,13H,5H2,1-4H3,(H,14,15)/t9-/m1/s1. The van der Waals surface area contributed by atoms with Crippen molar-refractivity contribution in [2.45, 2.75) is 44.4 Å². The molecule has 0 spiro atoms. The highest BCUT2D eigenvalue weighted by Crippen LogP contribution is 2.23. The molecule has 1 aromatic rings. The molecule has 108 valence electrons. The summed E-state index contributed by atoms with van der Waals surface area (Å²) in [5.41, 5.74) is 0.392. The number of aromatic nitrogens is 1. The topological polar surface area (TPSA) is 96.4 Å². The van der Waals surface area contributed by atoms with Crippen molar-refractivity contribution in [1.82, 2.24) is 9.71 Å². The molecule has 0 aliphatic heterocycles. The third kappa shape index (κ3) is 4.26. The summed E-state index contributed by atoms with van der Waals surface area (Å²) in [4.78, 5) is 15.1. The number of thiazole rings is 1. The van der Waals surface area contributed by atoms with Crippen molar-refractivity contribution in [3.63, 3.8) is 0 Å². The van der Waals surface area contributed by atoms with Crippen molar-refractivity contribution in [2.75, 3.05) is 0 Å². The Morgan fingerprint density at radius 3 is 2.37 bits per heavy atom. The highest BCUT2D eigenvalue weighted by Gasteiger charge is 2.28. The van der Waals surface area contributed by atoms with Crippen LogP contribution in [0.5, 0.6) is 0 Å². The number of nitrogens with zero attached hydrogens (tertiary/aromatic N) is 1. The van der Waals surface area contributed by atoms with E-state index in [2.05, 4.69) is 9.71 Å². The average Bonchev–Trinajstić information content (AvgIpc) is 2.56. The fourth-order valence-corrected chi connectivity index (χ4v) is 4.38. The van der Waals surface area contributed by atoms with Gasteiger partial charge in [-0.15, -0.1) is 11.3 Å². The number of carboxylic acids is 1. The molecule has 0 aliphatic rings. The largest absolute Gasteiger partial charge is 0.480 e. The molecule has 19 heavy (non-hydrogen) atoms. The molecule has 0 radical (unpaired) electrons. The van der Waals surface area contributed by atoms with Crippen LogP contribution in [0, 0.1) is 19.8 Å². The zero-order valence-electron chi connectivity index (χ0n) is 11.3. The molecule has 0 fully saturated rings. The first-order valence-electron chi connectivity index (χ1n) is 5.82. The number of rotatable bonds is 6. The van der Waals surface area contributed by atoms with E-state index in [-0.39, 0.29) is 16.5 Å². The lowest BCUT2D eigenvalue weighted by molar-refractivity contribution is -0.139. The Bertz CT molecular complexity index is 563. The van der Waals surface area contributed by atoms with Crippen molar-refractivity contribution < 1.29 is 18.3 Å². The fourth-order valence-electron chi connectivity index (χ4n) is 1.67. The number of aliphatic carboxylic acids is 1. The Hall–Kier alpha value is -0.990. The van der Waals surface area contributed by atoms with Gasteiger partial charge in [0.1, 0.15) is 6.04 Å². The second-order valence-corrected chi connectivity index (χ2v) is 7.86. The molecule has 1 heterocycles. The third-order valence-electron chi connectivity index (χ3n) is 2.41. The zero-order valence-corrected chi connectivity index (χ0v) is 12.9. The van der Waals surface area contributed by atoms with Gasteiger partial charge < -0.3 is 5.11 Å². The van der Waals surface area contributed by atoms with Gasteiger partial charge in [0.15, 0.2) is 4.21 Å². The summed E-state index contributed by atoms with van der Waals surface area (Å²) in [5.74, 6) is -1.09. The van der Waals surface area contributed by atoms with Crippen molar-refractivity contribution >= 4 is 27.3 Å². The summed E-state index contributed by atoms with van der Waals surface area (Å²) in [6.07, 6.45) is 0.241. The molecule has 2 N–H and O–H groups in total. The molecule has 1 atom stereocenters. The van der Waals surface area contributed by atoms with Gasteiger partial charge in [0.2, 0.25) is 0 Å². The van der Waals surface area contributed by atoms with Gasteiger partial charge in [-0.2, -0.15) is 4.72 Å². The van der Waals surface area contributed by atoms with E-state index in [1.807, 2.05) is 13.8 Å². The zero-order chi connectivity index (χ0) is 14.8. The monoisotopic (exact) mass is 306 g/mol. The fraction of sp³-hybridized carbons (Fsp3) is 0.636. The average molecular weight is 306 g/mol. The van der Waals surface area contributed by atoms with Gasteiger partial charge in [-0.1, -0.05) is 13.8 Å². The first kappa shape index (κ1) is 16.1. The molecule has 0 unspecified atom stereocenters. The van der Waals surface area contributed by atoms with Crippen molar-refractivity contribution in [1.29, 1.82) is 0 Å². The Morgan fingerprint density at radius 1 is 1.42 bits per heavy atom. The summed E-state index contributed by atoms with van der Waals surface area (Å²) in [6, 6.07) is -1.12. The second kappa shape index (κ2) is 5.98. The Kier molecular flexibility index (Phi) is 5.05. The van der Waals surface area contributed by atoms with Crippen LogP contribution in [-0.2, 0) is 14.8 Å². The molecule has 0 aromatic carbocycles. The summed E-state index contributed by atoms with van der Waals surface area (Å²) in [7, 11) is -3.83. The van der Waals surface area contributed by atoms with Gasteiger partial charge in [-0.3, -0.25) is 4.79 Å². The van der Waals surface area contributed by atoms with Gasteiger partial charge in [0.05, 0.1) is 10.7 Å². The van der Waals surface area contributed by atoms with Gasteiger partial charge >= 0.3 is 5.97 Å². The summed E-state index contributed by atoms with van der Waals surface area (Å²) in [6.45, 7) is 6.98. The van der Waals surface area contributed by atoms with Gasteiger partial charge in [-0.25, -0.2) is 13.4 Å². The molecule has 0 saturated carbocycles. The number of hydrogen-bond donors (Lipinski definition) is 2. The van der Waals surface area contributed by atoms with Crippen molar-refractivity contribution in [3.8, 4) is 0 Å². The molecular weight excluding hydrogens is 288 g/mol. The van der Waals surface area contributed by atoms with Crippen LogP contribution in [-0.4, -0.2) is 30.5 Å². The van der Waals surface area contributed by atoms with E-state index in [9.17, 15) is 13.2 Å². The Labute approximate surface area is 116 Å². The molecule has 1 rings (SSSR count). The predicted molar refractivity (Wildman–Crippen MR) is 72.8 cm³/mol. The maximum atomic E-state index is 12.2. The first-order valence-corrected chi connectivity index (χ1v) is 8.12. The normalized spacial score (nSPS) is 13.7. The van der Waals surface area contributed by atoms with Gasteiger partial charge in [0.25, 0.3) is 10.0 Å². The van der Waals surface area contributed by atoms with Crippen LogP contribution in [0.3, 0.4) is 0 Å². The number of carbonyl (C=O) groups is 1. The predicted octanol–water partition coefficient (Wildman–Crippen LogP) is 1.54. The first-order chi connectivity index (χ1) is 8.63. The number of nitrogens with one attached hydrogen (secondary N) is 1. The van der Waals surface area contributed by atoms with Gasteiger partial charge in [-0.05, 0) is 26.2 Å². The summed E-state index contributed by atoms with van der Waals surface area (Å²) in [5, 5.41) is 9.70. The maximum Gasteiger partial charge on any atom is 0.321 e. The summed E-state index contributed by atoms with van der Waals surface area (Å²) < 4.78 is 26.6. The maximum absolute atomic E-state index is 12.2. The van der Waals surface area contributed by atoms with Crippen LogP contribution < -0.4 is 4.72 Å². The van der Waals surface area contributed by atoms with Crippen LogP contribution in [0.2, 0.25) is 0 Å². The number of hydrogen-bond acceptors (Lipinski definition) is 5.